The van der Waals surface area contributed by atoms with Crippen LogP contribution in [0.25, 0.3) is 0 Å². The SMILES string of the molecule is CC(C)(C)OC(=O)Nc1ccc(Cl)cc1CCCN. The van der Waals surface area contributed by atoms with Crippen molar-refractivity contribution in [2.75, 3.05) is 11.9 Å². The molecule has 0 aliphatic carbocycles. The molecule has 4 nitrogen and oxygen atoms in total. The number of anilines is 1. The molecule has 1 amide bonds. The summed E-state index contributed by atoms with van der Waals surface area (Å²) in [6, 6.07) is 5.35. The highest BCUT2D eigenvalue weighted by atomic mass is 35.5. The number of hydrogen-bond donors (Lipinski definition) is 2. The van der Waals surface area contributed by atoms with Crippen LogP contribution in [0.4, 0.5) is 10.5 Å². The molecule has 106 valence electrons. The number of hydrogen-bond acceptors (Lipinski definition) is 3. The third-order valence-corrected chi connectivity index (χ3v) is 2.59. The smallest absolute Gasteiger partial charge is 0.412 e. The van der Waals surface area contributed by atoms with Crippen molar-refractivity contribution in [3.8, 4) is 0 Å². The lowest BCUT2D eigenvalue weighted by molar-refractivity contribution is 0.0636. The van der Waals surface area contributed by atoms with E-state index in [4.69, 9.17) is 22.1 Å². The first-order valence-electron chi connectivity index (χ1n) is 6.30. The van der Waals surface area contributed by atoms with E-state index in [0.29, 0.717) is 17.3 Å². The maximum Gasteiger partial charge on any atom is 0.412 e. The standard InChI is InChI=1S/C14H21ClN2O2/c1-14(2,3)19-13(18)17-12-7-6-11(15)9-10(12)5-4-8-16/h6-7,9H,4-5,8,16H2,1-3H3,(H,17,18). The molecule has 0 saturated carbocycles. The van der Waals surface area contributed by atoms with Gasteiger partial charge in [-0.3, -0.25) is 5.32 Å². The van der Waals surface area contributed by atoms with Gasteiger partial charge in [0.1, 0.15) is 5.60 Å². The van der Waals surface area contributed by atoms with E-state index in [0.717, 1.165) is 18.4 Å². The normalized spacial score (nSPS) is 11.2. The van der Waals surface area contributed by atoms with Crippen molar-refractivity contribution in [1.29, 1.82) is 0 Å². The Morgan fingerprint density at radius 2 is 2.11 bits per heavy atom. The summed E-state index contributed by atoms with van der Waals surface area (Å²) in [7, 11) is 0. The Labute approximate surface area is 119 Å². The van der Waals surface area contributed by atoms with Crippen LogP contribution in [0.15, 0.2) is 18.2 Å². The molecule has 0 atom stereocenters. The number of nitrogens with one attached hydrogen (secondary N) is 1. The van der Waals surface area contributed by atoms with Gasteiger partial charge in [-0.2, -0.15) is 0 Å². The number of aryl methyl sites for hydroxylation is 1. The van der Waals surface area contributed by atoms with Gasteiger partial charge in [0.25, 0.3) is 0 Å². The van der Waals surface area contributed by atoms with Crippen LogP contribution < -0.4 is 11.1 Å². The number of rotatable bonds is 4. The minimum Gasteiger partial charge on any atom is -0.444 e. The van der Waals surface area contributed by atoms with Crippen molar-refractivity contribution < 1.29 is 9.53 Å². The van der Waals surface area contributed by atoms with Gasteiger partial charge < -0.3 is 10.5 Å². The van der Waals surface area contributed by atoms with E-state index >= 15 is 0 Å². The Morgan fingerprint density at radius 3 is 2.68 bits per heavy atom. The molecule has 0 unspecified atom stereocenters. The van der Waals surface area contributed by atoms with Crippen molar-refractivity contribution >= 4 is 23.4 Å². The largest absolute Gasteiger partial charge is 0.444 e. The lowest BCUT2D eigenvalue weighted by Gasteiger charge is -2.20. The van der Waals surface area contributed by atoms with E-state index in [9.17, 15) is 4.79 Å². The lowest BCUT2D eigenvalue weighted by atomic mass is 10.1. The van der Waals surface area contributed by atoms with Crippen LogP contribution in [0.5, 0.6) is 0 Å². The molecule has 1 rings (SSSR count). The van der Waals surface area contributed by atoms with Gasteiger partial charge in [-0.05, 0) is 63.9 Å². The van der Waals surface area contributed by atoms with E-state index in [-0.39, 0.29) is 0 Å². The molecule has 0 fully saturated rings. The monoisotopic (exact) mass is 284 g/mol. The van der Waals surface area contributed by atoms with Crippen LogP contribution in [0.3, 0.4) is 0 Å². The molecule has 0 saturated heterocycles. The van der Waals surface area contributed by atoms with Gasteiger partial charge in [0.15, 0.2) is 0 Å². The zero-order chi connectivity index (χ0) is 14.5. The molecule has 0 bridgehead atoms. The summed E-state index contributed by atoms with van der Waals surface area (Å²) in [5.41, 5.74) is 6.66. The summed E-state index contributed by atoms with van der Waals surface area (Å²) in [6.07, 6.45) is 1.13. The van der Waals surface area contributed by atoms with Gasteiger partial charge >= 0.3 is 6.09 Å². The van der Waals surface area contributed by atoms with Crippen molar-refractivity contribution in [1.82, 2.24) is 0 Å². The number of nitrogens with two attached hydrogens (primary N) is 1. The van der Waals surface area contributed by atoms with Crippen molar-refractivity contribution in [3.63, 3.8) is 0 Å². The van der Waals surface area contributed by atoms with Crippen LogP contribution in [-0.4, -0.2) is 18.2 Å². The van der Waals surface area contributed by atoms with Gasteiger partial charge in [0.2, 0.25) is 0 Å². The molecule has 0 aromatic heterocycles. The highest BCUT2D eigenvalue weighted by molar-refractivity contribution is 6.30. The fraction of sp³-hybridized carbons (Fsp3) is 0.500. The van der Waals surface area contributed by atoms with Gasteiger partial charge in [-0.1, -0.05) is 11.6 Å². The summed E-state index contributed by atoms with van der Waals surface area (Å²) in [4.78, 5) is 11.7. The maximum atomic E-state index is 11.7. The fourth-order valence-electron chi connectivity index (χ4n) is 1.60. The second kappa shape index (κ2) is 6.78. The van der Waals surface area contributed by atoms with Crippen LogP contribution in [0, 0.1) is 0 Å². The van der Waals surface area contributed by atoms with Crippen molar-refractivity contribution in [2.45, 2.75) is 39.2 Å². The first kappa shape index (κ1) is 15.8. The Morgan fingerprint density at radius 1 is 1.42 bits per heavy atom. The molecule has 0 heterocycles. The van der Waals surface area contributed by atoms with Gasteiger partial charge in [0, 0.05) is 10.7 Å². The Balaban J connectivity index is 2.79. The first-order chi connectivity index (χ1) is 8.81. The van der Waals surface area contributed by atoms with E-state index in [1.165, 1.54) is 0 Å². The minimum atomic E-state index is -0.520. The summed E-state index contributed by atoms with van der Waals surface area (Å²) in [5, 5.41) is 3.38. The Kier molecular flexibility index (Phi) is 5.63. The lowest BCUT2D eigenvalue weighted by Crippen LogP contribution is -2.27. The number of halogens is 1. The van der Waals surface area contributed by atoms with Gasteiger partial charge in [-0.15, -0.1) is 0 Å². The number of ether oxygens (including phenoxy) is 1. The van der Waals surface area contributed by atoms with E-state index in [1.54, 1.807) is 12.1 Å². The third kappa shape index (κ3) is 5.94. The zero-order valence-electron chi connectivity index (χ0n) is 11.6. The quantitative estimate of drug-likeness (QED) is 0.888. The summed E-state index contributed by atoms with van der Waals surface area (Å²) in [5.74, 6) is 0. The molecule has 1 aromatic carbocycles. The van der Waals surface area contributed by atoms with Crippen LogP contribution >= 0.6 is 11.6 Å². The van der Waals surface area contributed by atoms with Gasteiger partial charge in [0.05, 0.1) is 0 Å². The van der Waals surface area contributed by atoms with E-state index in [2.05, 4.69) is 5.32 Å². The molecular formula is C14H21ClN2O2. The van der Waals surface area contributed by atoms with Crippen LogP contribution in [0.2, 0.25) is 5.02 Å². The predicted molar refractivity (Wildman–Crippen MR) is 78.7 cm³/mol. The summed E-state index contributed by atoms with van der Waals surface area (Å²) in [6.45, 7) is 6.07. The van der Waals surface area contributed by atoms with Gasteiger partial charge in [-0.25, -0.2) is 4.79 Å². The number of carbonyl (C=O) groups is 1. The Hall–Kier alpha value is -1.26. The highest BCUT2D eigenvalue weighted by Crippen LogP contribution is 2.22. The molecule has 3 N–H and O–H groups in total. The summed E-state index contributed by atoms with van der Waals surface area (Å²) < 4.78 is 5.22. The molecular weight excluding hydrogens is 264 g/mol. The topological polar surface area (TPSA) is 64.3 Å². The average Bonchev–Trinajstić information content (AvgIpc) is 2.27. The van der Waals surface area contributed by atoms with Crippen molar-refractivity contribution in [2.24, 2.45) is 5.73 Å². The number of carbonyl (C=O) groups excluding carboxylic acids is 1. The average molecular weight is 285 g/mol. The predicted octanol–water partition coefficient (Wildman–Crippen LogP) is 3.58. The highest BCUT2D eigenvalue weighted by Gasteiger charge is 2.17. The minimum absolute atomic E-state index is 0.469. The first-order valence-corrected chi connectivity index (χ1v) is 6.68. The second-order valence-electron chi connectivity index (χ2n) is 5.32. The number of amides is 1. The second-order valence-corrected chi connectivity index (χ2v) is 5.76. The van der Waals surface area contributed by atoms with Crippen molar-refractivity contribution in [3.05, 3.63) is 28.8 Å². The van der Waals surface area contributed by atoms with Crippen LogP contribution in [-0.2, 0) is 11.2 Å². The number of benzene rings is 1. The fourth-order valence-corrected chi connectivity index (χ4v) is 1.79. The third-order valence-electron chi connectivity index (χ3n) is 2.35. The molecule has 0 aliphatic heterocycles. The van der Waals surface area contributed by atoms with Crippen LogP contribution in [0.1, 0.15) is 32.8 Å². The zero-order valence-corrected chi connectivity index (χ0v) is 12.4. The molecule has 1 aromatic rings. The molecule has 19 heavy (non-hydrogen) atoms. The molecule has 0 radical (unpaired) electrons. The maximum absolute atomic E-state index is 11.7. The molecule has 5 heteroatoms. The Bertz CT molecular complexity index is 442. The van der Waals surface area contributed by atoms with E-state index < -0.39 is 11.7 Å². The molecule has 0 aliphatic rings. The van der Waals surface area contributed by atoms with E-state index in [1.807, 2.05) is 26.8 Å². The summed E-state index contributed by atoms with van der Waals surface area (Å²) >= 11 is 5.96. The molecule has 0 spiro atoms.